The molecule has 0 N–H and O–H groups in total. The Bertz CT molecular complexity index is 6320. The van der Waals surface area contributed by atoms with Crippen molar-refractivity contribution < 1.29 is 24.7 Å². The van der Waals surface area contributed by atoms with Crippen LogP contribution in [0.4, 0.5) is 34.1 Å². The first kappa shape index (κ1) is 63.6. The van der Waals surface area contributed by atoms with E-state index in [2.05, 4.69) is 86.6 Å². The van der Waals surface area contributed by atoms with Crippen LogP contribution >= 0.6 is 11.6 Å². The van der Waals surface area contributed by atoms with E-state index >= 15 is 0 Å². The highest BCUT2D eigenvalue weighted by molar-refractivity contribution is 6.31. The van der Waals surface area contributed by atoms with Crippen LogP contribution < -0.4 is 9.80 Å². The van der Waals surface area contributed by atoms with Gasteiger partial charge >= 0.3 is 0 Å². The summed E-state index contributed by atoms with van der Waals surface area (Å²) in [6, 6.07) is 28.4. The molecular weight excluding hydrogens is 1380 g/mol. The van der Waals surface area contributed by atoms with Gasteiger partial charge in [0, 0.05) is 50.0 Å². The van der Waals surface area contributed by atoms with Gasteiger partial charge in [-0.25, -0.2) is 0 Å². The summed E-state index contributed by atoms with van der Waals surface area (Å²) in [6.07, 6.45) is 0. The Balaban J connectivity index is 1.59. The molecule has 0 aromatic heterocycles. The lowest BCUT2D eigenvalue weighted by atomic mass is 9.75. The number of anilines is 6. The Kier molecular flexibility index (Phi) is 17.0. The number of hydrogen-bond donors (Lipinski definition) is 0. The number of benzene rings is 11. The molecule has 0 unspecified atom stereocenters. The van der Waals surface area contributed by atoms with Gasteiger partial charge in [-0.15, -0.1) is 0 Å². The summed E-state index contributed by atoms with van der Waals surface area (Å²) in [5, 5.41) is 0.180. The fraction of sp³-hybridized carbons (Fsp3) is 0.400. The van der Waals surface area contributed by atoms with E-state index in [9.17, 15) is 24.7 Å². The largest absolute Gasteiger partial charge is 0.309 e. The predicted molar refractivity (Wildman–Crippen MR) is 499 cm³/mol. The molecule has 11 rings (SSSR count). The molecule has 0 saturated carbocycles. The highest BCUT2D eigenvalue weighted by Gasteiger charge is 2.35. The molecule has 0 atom stereocenters. The molecule has 113 heavy (non-hydrogen) atoms. The van der Waals surface area contributed by atoms with Crippen LogP contribution in [0.1, 0.15) is 314 Å². The van der Waals surface area contributed by atoms with E-state index in [4.69, 9.17) is 11.6 Å². The second-order valence-corrected chi connectivity index (χ2v) is 42.9. The average molecular weight is 1540 g/mol. The molecule has 0 fully saturated rings. The summed E-state index contributed by atoms with van der Waals surface area (Å²) in [5.41, 5.74) is -3.39. The van der Waals surface area contributed by atoms with Gasteiger partial charge in [0.25, 0.3) is 0 Å². The van der Waals surface area contributed by atoms with Gasteiger partial charge < -0.3 is 9.80 Å². The molecule has 11 aromatic rings. The maximum atomic E-state index is 11.5. The fourth-order valence-electron chi connectivity index (χ4n) is 13.5. The monoisotopic (exact) mass is 1540 g/mol. The Morgan fingerprint density at radius 2 is 0.575 bits per heavy atom. The van der Waals surface area contributed by atoms with Crippen LogP contribution in [0.3, 0.4) is 0 Å². The predicted octanol–water partition coefficient (Wildman–Crippen LogP) is 33.6. The van der Waals surface area contributed by atoms with Crippen LogP contribution in [0, 0.1) is 0 Å². The molecule has 0 spiro atoms. The molecule has 0 aliphatic rings. The molecular formula is C110H135ClN2. The van der Waals surface area contributed by atoms with Crippen LogP contribution in [-0.4, -0.2) is 0 Å². The lowest BCUT2D eigenvalue weighted by Gasteiger charge is -2.36. The van der Waals surface area contributed by atoms with E-state index in [0.717, 1.165) is 27.8 Å². The molecule has 11 aromatic carbocycles. The van der Waals surface area contributed by atoms with Crippen molar-refractivity contribution in [1.82, 2.24) is 0 Å². The smallest absolute Gasteiger partial charge is 0.0633 e. The second-order valence-electron chi connectivity index (χ2n) is 42.5. The minimum atomic E-state index is -1.19. The summed E-state index contributed by atoms with van der Waals surface area (Å²) in [4.78, 5) is 3.54. The number of rotatable bonds is 12. The highest BCUT2D eigenvalue weighted by atomic mass is 35.5. The first-order valence-corrected chi connectivity index (χ1v) is 40.6. The van der Waals surface area contributed by atoms with Crippen LogP contribution in [-0.2, 0) is 59.6 Å². The van der Waals surface area contributed by atoms with Crippen molar-refractivity contribution >= 4 is 45.7 Å². The summed E-state index contributed by atoms with van der Waals surface area (Å²) in [5.74, 6) is 0. The van der Waals surface area contributed by atoms with Crippen molar-refractivity contribution in [3.63, 3.8) is 0 Å². The molecule has 0 radical (unpaired) electrons. The van der Waals surface area contributed by atoms with Gasteiger partial charge in [0.1, 0.15) is 0 Å². The van der Waals surface area contributed by atoms with Gasteiger partial charge in [-0.05, 0) is 238 Å². The first-order valence-electron chi connectivity index (χ1n) is 49.2. The normalized spacial score (nSPS) is 15.5. The summed E-state index contributed by atoms with van der Waals surface area (Å²) < 4.78 is 194. The Labute approximate surface area is 715 Å². The molecule has 0 aliphatic carbocycles. The van der Waals surface area contributed by atoms with Gasteiger partial charge in [-0.3, -0.25) is 0 Å². The molecule has 0 saturated heterocycles. The van der Waals surface area contributed by atoms with Gasteiger partial charge in [0.05, 0.1) is 36.0 Å². The molecule has 3 heteroatoms. The maximum absolute atomic E-state index is 11.5. The molecule has 0 bridgehead atoms. The second kappa shape index (κ2) is 30.2. The Morgan fingerprint density at radius 3 is 0.991 bits per heavy atom. The van der Waals surface area contributed by atoms with Crippen LogP contribution in [0.25, 0.3) is 66.8 Å². The number of nitrogens with zero attached hydrogens (tertiary/aromatic N) is 2. The van der Waals surface area contributed by atoms with Crippen molar-refractivity contribution in [2.24, 2.45) is 0 Å². The van der Waals surface area contributed by atoms with Gasteiger partial charge in [0.2, 0.25) is 0 Å². The number of halogens is 1. The quantitative estimate of drug-likeness (QED) is 0.120. The van der Waals surface area contributed by atoms with Crippen molar-refractivity contribution in [3.05, 3.63) is 284 Å². The first-order chi connectivity index (χ1) is 59.4. The Hall–Kier alpha value is -8.69. The van der Waals surface area contributed by atoms with Crippen molar-refractivity contribution in [2.75, 3.05) is 9.80 Å². The van der Waals surface area contributed by atoms with E-state index in [1.807, 2.05) is 205 Å². The van der Waals surface area contributed by atoms with Gasteiger partial charge in [-0.1, -0.05) is 385 Å². The summed E-state index contributed by atoms with van der Waals surface area (Å²) >= 11 is 7.52. The third-order valence-corrected chi connectivity index (χ3v) is 21.1. The topological polar surface area (TPSA) is 6.48 Å². The molecule has 2 nitrogen and oxygen atoms in total. The van der Waals surface area contributed by atoms with Crippen LogP contribution in [0.2, 0.25) is 5.02 Å². The van der Waals surface area contributed by atoms with Crippen LogP contribution in [0.5, 0.6) is 0 Å². The third kappa shape index (κ3) is 19.0. The third-order valence-electron chi connectivity index (χ3n) is 20.9. The lowest BCUT2D eigenvalue weighted by Crippen LogP contribution is -2.20. The number of hydrogen-bond acceptors (Lipinski definition) is 2. The van der Waals surface area contributed by atoms with Crippen molar-refractivity contribution in [3.8, 4) is 66.8 Å². The maximum Gasteiger partial charge on any atom is 0.0633 e. The van der Waals surface area contributed by atoms with Crippen LogP contribution in [0.15, 0.2) is 218 Å². The van der Waals surface area contributed by atoms with E-state index in [-0.39, 0.29) is 194 Å². The fourth-order valence-corrected chi connectivity index (χ4v) is 13.7. The van der Waals surface area contributed by atoms with E-state index in [1.165, 1.54) is 0 Å². The molecule has 0 heterocycles. The zero-order chi connectivity index (χ0) is 99.1. The summed E-state index contributed by atoms with van der Waals surface area (Å²) in [7, 11) is 0. The van der Waals surface area contributed by atoms with Gasteiger partial charge in [0.15, 0.2) is 0 Å². The van der Waals surface area contributed by atoms with E-state index < -0.39 is 97.1 Å². The zero-order valence-corrected chi connectivity index (χ0v) is 74.9. The molecule has 0 aliphatic heterocycles. The zero-order valence-electron chi connectivity index (χ0n) is 92.2. The SMILES string of the molecule is [2H]c1c([2H])c(C(C)(C)C)c([2H])c([2H])c1-c1c([2H])c(C(C)(C)C)c([2H])c(-c2c([2H])c(C(C)(C)C)c([2H])c(C(C)(C)C)c2[2H])c1N(c1cccc(Cl)c1)c1cc(-c2cccc(C(C)(C)C)c2)cc(N(c2ccc(-c3cc(C(C)(C)C)cc(C(C)(C)C)c3)cc2)c2c(-c3c([2H])c([2H])c(C(C)(C)C)c([2H])c3[2H])c([2H])c(C(C)(C)C)c([2H])c2-c2c([2H])c([2H])c(C(C)(C)C)c([2H])c2C(C)(C)C)c1. The van der Waals surface area contributed by atoms with Crippen molar-refractivity contribution in [1.29, 1.82) is 0 Å². The lowest BCUT2D eigenvalue weighted by molar-refractivity contribution is 0.568. The Morgan fingerprint density at radius 1 is 0.212 bits per heavy atom. The molecule has 592 valence electrons. The standard InChI is InChI=1S/C110H135ClN2/c1-100(2,3)77-46-40-71(41-47-77)93-63-85(108(25,26)27)65-95(76-57-83(106(19,20)21)62-84(58-76)107(22,23)24)98(93)113(89-39-35-38-87(111)68-89)91-60-75(73-36-34-37-79(54-73)102(7,8)9)59-90(69-91)112(88-51-44-70(45-52-88)74-55-81(104(13,14)15)61-82(56-74)105(16,17)18)99-94(72-42-48-78(49-43-72)101(4,5)6)64-86(109(28,29)30)66-96(99)92-53-50-80(103(10,11)12)67-97(92)110(31,32)33/h34-69H,1-33H3/i40D,41D,42D,43D,46D,47D,48D,49D,50D,53D,57D,58D,62D,63D,64D,65D,66D,67D. The van der Waals surface area contributed by atoms with E-state index in [1.54, 1.807) is 56.0 Å². The minimum Gasteiger partial charge on any atom is -0.309 e. The highest BCUT2D eigenvalue weighted by Crippen LogP contribution is 2.56. The summed E-state index contributed by atoms with van der Waals surface area (Å²) in [6.45, 7) is 63.9. The van der Waals surface area contributed by atoms with Gasteiger partial charge in [-0.2, -0.15) is 0 Å². The minimum absolute atomic E-state index is 0.0316. The van der Waals surface area contributed by atoms with Crippen molar-refractivity contribution in [2.45, 2.75) is 288 Å². The molecule has 0 amide bonds. The average Bonchev–Trinajstić information content (AvgIpc) is 0.699. The van der Waals surface area contributed by atoms with E-state index in [0.29, 0.717) is 16.8 Å².